The highest BCUT2D eigenvalue weighted by Crippen LogP contribution is 2.66. The number of benzene rings is 1. The first-order valence-corrected chi connectivity index (χ1v) is 13.0. The summed E-state index contributed by atoms with van der Waals surface area (Å²) in [5, 5.41) is 10.8. The lowest BCUT2D eigenvalue weighted by Crippen LogP contribution is -2.60. The molecule has 5 rings (SSSR count). The van der Waals surface area contributed by atoms with Gasteiger partial charge in [0.1, 0.15) is 11.5 Å². The molecule has 1 aromatic rings. The number of alkyl halides is 5. The monoisotopic (exact) mass is 588 g/mol. The van der Waals surface area contributed by atoms with E-state index < -0.39 is 74.5 Å². The Labute approximate surface area is 231 Å². The van der Waals surface area contributed by atoms with E-state index in [0.717, 1.165) is 23.1 Å². The van der Waals surface area contributed by atoms with Gasteiger partial charge in [0.2, 0.25) is 11.8 Å². The van der Waals surface area contributed by atoms with Crippen molar-refractivity contribution in [3.8, 4) is 11.5 Å². The highest BCUT2D eigenvalue weighted by atomic mass is 35.5. The van der Waals surface area contributed by atoms with Crippen molar-refractivity contribution in [3.05, 3.63) is 35.4 Å². The molecule has 6 atom stereocenters. The molecule has 0 unspecified atom stereocenters. The molecule has 2 aliphatic carbocycles. The zero-order valence-electron chi connectivity index (χ0n) is 21.3. The van der Waals surface area contributed by atoms with Crippen LogP contribution in [0.15, 0.2) is 29.8 Å². The van der Waals surface area contributed by atoms with Gasteiger partial charge in [0.25, 0.3) is 11.8 Å². The van der Waals surface area contributed by atoms with Crippen LogP contribution in [0.2, 0.25) is 0 Å². The van der Waals surface area contributed by atoms with Gasteiger partial charge in [0, 0.05) is 24.1 Å². The molecule has 13 heteroatoms. The summed E-state index contributed by atoms with van der Waals surface area (Å²) in [6, 6.07) is 2.74. The van der Waals surface area contributed by atoms with Crippen molar-refractivity contribution in [1.29, 1.82) is 0 Å². The fourth-order valence-corrected chi connectivity index (χ4v) is 7.72. The minimum Gasteiger partial charge on any atom is -0.508 e. The standard InChI is InChI=1S/C26H25Cl2F3N2O6/c1-23(2,3)33-19(35)13-7-6-12-15(17(13)20(33)36)10-24(27)21(37)32(4)22(38)25(24,28)18(12)14-9-11(5-8-16(14)34)39-26(29,30)31/h5-6,8-9,13,15,17-18,34H,7,10H2,1-4H3/t13-,15+,17-,18+,24+,25-/m0/s1. The number of phenols is 1. The average molecular weight is 589 g/mol. The maximum atomic E-state index is 13.7. The third-order valence-electron chi connectivity index (χ3n) is 8.23. The predicted molar refractivity (Wildman–Crippen MR) is 132 cm³/mol. The number of imide groups is 2. The molecule has 39 heavy (non-hydrogen) atoms. The van der Waals surface area contributed by atoms with Crippen molar-refractivity contribution in [2.24, 2.45) is 17.8 Å². The van der Waals surface area contributed by atoms with E-state index in [-0.39, 0.29) is 24.3 Å². The highest BCUT2D eigenvalue weighted by Gasteiger charge is 2.76. The maximum absolute atomic E-state index is 13.7. The summed E-state index contributed by atoms with van der Waals surface area (Å²) in [6.07, 6.45) is -3.61. The van der Waals surface area contributed by atoms with Gasteiger partial charge >= 0.3 is 6.36 Å². The van der Waals surface area contributed by atoms with Crippen LogP contribution in [0.4, 0.5) is 13.2 Å². The topological polar surface area (TPSA) is 104 Å². The third kappa shape index (κ3) is 3.72. The largest absolute Gasteiger partial charge is 0.573 e. The molecule has 2 aliphatic heterocycles. The minimum atomic E-state index is -5.05. The zero-order valence-corrected chi connectivity index (χ0v) is 22.8. The second kappa shape index (κ2) is 8.36. The second-order valence-electron chi connectivity index (χ2n) is 11.4. The van der Waals surface area contributed by atoms with Crippen LogP contribution >= 0.6 is 23.2 Å². The fourth-order valence-electron chi connectivity index (χ4n) is 6.71. The number of carbonyl (C=O) groups excluding carboxylic acids is 4. The minimum absolute atomic E-state index is 0.0872. The number of aromatic hydroxyl groups is 1. The van der Waals surface area contributed by atoms with Gasteiger partial charge in [-0.15, -0.1) is 36.4 Å². The van der Waals surface area contributed by atoms with E-state index in [2.05, 4.69) is 4.74 Å². The number of ether oxygens (including phenoxy) is 1. The first-order valence-electron chi connectivity index (χ1n) is 12.2. The molecule has 0 bridgehead atoms. The Morgan fingerprint density at radius 1 is 1.03 bits per heavy atom. The van der Waals surface area contributed by atoms with Crippen molar-refractivity contribution in [2.45, 2.75) is 61.2 Å². The smallest absolute Gasteiger partial charge is 0.508 e. The van der Waals surface area contributed by atoms with Crippen molar-refractivity contribution in [3.63, 3.8) is 0 Å². The lowest BCUT2D eigenvalue weighted by Gasteiger charge is -2.50. The first-order chi connectivity index (χ1) is 17.8. The van der Waals surface area contributed by atoms with Gasteiger partial charge in [-0.05, 0) is 57.7 Å². The average Bonchev–Trinajstić information content (AvgIpc) is 3.15. The third-order valence-corrected chi connectivity index (χ3v) is 9.64. The Morgan fingerprint density at radius 2 is 1.67 bits per heavy atom. The number of phenolic OH excluding ortho intramolecular Hbond substituents is 1. The lowest BCUT2D eigenvalue weighted by molar-refractivity contribution is -0.274. The number of carbonyl (C=O) groups is 4. The molecule has 0 spiro atoms. The maximum Gasteiger partial charge on any atom is 0.573 e. The first kappa shape index (κ1) is 27.8. The van der Waals surface area contributed by atoms with Crippen LogP contribution in [-0.4, -0.2) is 67.2 Å². The number of fused-ring (bicyclic) bond motifs is 4. The van der Waals surface area contributed by atoms with E-state index in [0.29, 0.717) is 5.57 Å². The number of allylic oxidation sites excluding steroid dienone is 2. The summed E-state index contributed by atoms with van der Waals surface area (Å²) in [6.45, 7) is 5.13. The van der Waals surface area contributed by atoms with Gasteiger partial charge in [0.15, 0.2) is 9.75 Å². The summed E-state index contributed by atoms with van der Waals surface area (Å²) < 4.78 is 43.2. The Balaban J connectivity index is 1.73. The van der Waals surface area contributed by atoms with Gasteiger partial charge in [-0.1, -0.05) is 11.6 Å². The van der Waals surface area contributed by atoms with E-state index in [9.17, 15) is 37.5 Å². The summed E-state index contributed by atoms with van der Waals surface area (Å²) in [5.41, 5.74) is -0.724. The molecule has 0 aromatic heterocycles. The molecule has 1 N–H and O–H groups in total. The van der Waals surface area contributed by atoms with E-state index in [1.54, 1.807) is 26.8 Å². The van der Waals surface area contributed by atoms with E-state index >= 15 is 0 Å². The summed E-state index contributed by atoms with van der Waals surface area (Å²) in [5.74, 6) is -7.79. The summed E-state index contributed by atoms with van der Waals surface area (Å²) in [4.78, 5) is 51.5. The van der Waals surface area contributed by atoms with Crippen LogP contribution in [-0.2, 0) is 19.2 Å². The van der Waals surface area contributed by atoms with Crippen molar-refractivity contribution in [2.75, 3.05) is 7.05 Å². The Morgan fingerprint density at radius 3 is 2.26 bits per heavy atom. The van der Waals surface area contributed by atoms with Gasteiger partial charge in [-0.2, -0.15) is 0 Å². The van der Waals surface area contributed by atoms with Gasteiger partial charge < -0.3 is 9.84 Å². The van der Waals surface area contributed by atoms with Gasteiger partial charge in [0.05, 0.1) is 11.8 Å². The van der Waals surface area contributed by atoms with Crippen LogP contribution < -0.4 is 4.74 Å². The van der Waals surface area contributed by atoms with Crippen LogP contribution in [0.25, 0.3) is 0 Å². The number of hydrogen-bond donors (Lipinski definition) is 1. The molecule has 3 fully saturated rings. The van der Waals surface area contributed by atoms with Gasteiger partial charge in [-0.25, -0.2) is 0 Å². The molecule has 210 valence electrons. The number of nitrogens with zero attached hydrogens (tertiary/aromatic N) is 2. The Bertz CT molecular complexity index is 1360. The highest BCUT2D eigenvalue weighted by molar-refractivity contribution is 6.53. The Hall–Kier alpha value is -2.79. The number of likely N-dealkylation sites (tertiary alicyclic amines) is 2. The Kier molecular flexibility index (Phi) is 5.95. The van der Waals surface area contributed by atoms with Gasteiger partial charge in [-0.3, -0.25) is 29.0 Å². The summed E-state index contributed by atoms with van der Waals surface area (Å²) >= 11 is 14.0. The molecule has 4 amide bonds. The molecule has 8 nitrogen and oxygen atoms in total. The molecular formula is C26H25Cl2F3N2O6. The SMILES string of the molecule is CN1C(=O)[C@]2(Cl)C[C@@H]3C(=CC[C@@H]4C(=O)N(C(C)(C)C)C(=O)[C@@H]43)[C@H](c3cc(OC(F)(F)F)ccc3O)[C@]2(Cl)C1=O. The number of amides is 4. The molecule has 4 aliphatic rings. The number of hydrogen-bond acceptors (Lipinski definition) is 6. The zero-order chi connectivity index (χ0) is 29.0. The van der Waals surface area contributed by atoms with Crippen molar-refractivity contribution >= 4 is 46.8 Å². The van der Waals surface area contributed by atoms with E-state index in [4.69, 9.17) is 23.2 Å². The summed E-state index contributed by atoms with van der Waals surface area (Å²) in [7, 11) is 1.18. The van der Waals surface area contributed by atoms with Crippen LogP contribution in [0.1, 0.15) is 45.1 Å². The van der Waals surface area contributed by atoms with Crippen molar-refractivity contribution in [1.82, 2.24) is 9.80 Å². The van der Waals surface area contributed by atoms with Crippen LogP contribution in [0.3, 0.4) is 0 Å². The lowest BCUT2D eigenvalue weighted by atomic mass is 9.56. The van der Waals surface area contributed by atoms with E-state index in [1.807, 2.05) is 0 Å². The normalized spacial score (nSPS) is 34.6. The van der Waals surface area contributed by atoms with E-state index in [1.165, 1.54) is 11.9 Å². The molecule has 0 radical (unpaired) electrons. The van der Waals surface area contributed by atoms with Crippen LogP contribution in [0.5, 0.6) is 11.5 Å². The molecule has 1 aromatic carbocycles. The van der Waals surface area contributed by atoms with Crippen LogP contribution in [0, 0.1) is 17.8 Å². The molecular weight excluding hydrogens is 564 g/mol. The second-order valence-corrected chi connectivity index (χ2v) is 12.7. The molecule has 2 heterocycles. The molecule has 1 saturated carbocycles. The quantitative estimate of drug-likeness (QED) is 0.317. The molecule has 2 saturated heterocycles. The predicted octanol–water partition coefficient (Wildman–Crippen LogP) is 4.08. The fraction of sp³-hybridized carbons (Fsp3) is 0.538. The number of rotatable bonds is 2. The van der Waals surface area contributed by atoms with Crippen molar-refractivity contribution < 1.29 is 42.2 Å². The number of halogens is 5.